The molecule has 0 atom stereocenters. The van der Waals surface area contributed by atoms with Gasteiger partial charge in [-0.1, -0.05) is 24.6 Å². The number of hydrogen-bond donors (Lipinski definition) is 0. The summed E-state index contributed by atoms with van der Waals surface area (Å²) < 4.78 is 12.7. The Morgan fingerprint density at radius 1 is 1.38 bits per heavy atom. The Morgan fingerprint density at radius 2 is 2.19 bits per heavy atom. The molecule has 0 aliphatic carbocycles. The molecule has 6 heteroatoms. The van der Waals surface area contributed by atoms with Gasteiger partial charge >= 0.3 is 0 Å². The van der Waals surface area contributed by atoms with Gasteiger partial charge in [0.2, 0.25) is 5.78 Å². The quantitative estimate of drug-likeness (QED) is 0.815. The number of fused-ring (bicyclic) bond motifs is 1. The van der Waals surface area contributed by atoms with Crippen LogP contribution in [0.2, 0.25) is 5.02 Å². The lowest BCUT2D eigenvalue weighted by Gasteiger charge is -2.20. The van der Waals surface area contributed by atoms with Crippen LogP contribution in [-0.4, -0.2) is 28.8 Å². The highest BCUT2D eigenvalue weighted by Gasteiger charge is 2.25. The first-order valence-electron chi connectivity index (χ1n) is 6.87. The first-order chi connectivity index (χ1) is 10.2. The van der Waals surface area contributed by atoms with E-state index < -0.39 is 0 Å². The van der Waals surface area contributed by atoms with Gasteiger partial charge in [0, 0.05) is 6.54 Å². The van der Waals surface area contributed by atoms with Crippen molar-refractivity contribution in [1.82, 2.24) is 9.78 Å². The molecule has 0 amide bonds. The molecule has 5 nitrogen and oxygen atoms in total. The number of hydrogen-bond acceptors (Lipinski definition) is 4. The van der Waals surface area contributed by atoms with Crippen molar-refractivity contribution in [2.45, 2.75) is 19.9 Å². The summed E-state index contributed by atoms with van der Waals surface area (Å²) in [4.78, 5) is 12.8. The molecular weight excluding hydrogens is 292 g/mol. The number of carbonyl (C=O) groups excluding carboxylic acids is 1. The van der Waals surface area contributed by atoms with Crippen molar-refractivity contribution in [3.63, 3.8) is 0 Å². The molecule has 3 rings (SSSR count). The van der Waals surface area contributed by atoms with E-state index in [2.05, 4.69) is 5.10 Å². The summed E-state index contributed by atoms with van der Waals surface area (Å²) in [5.41, 5.74) is 0.841. The number of rotatable bonds is 4. The number of ketones is 1. The predicted octanol–water partition coefficient (Wildman–Crippen LogP) is 2.95. The molecule has 0 saturated carbocycles. The average Bonchev–Trinajstić information content (AvgIpc) is 2.87. The molecule has 0 fully saturated rings. The SMILES string of the molecule is CCCn1ncc(Cl)c1C(=O)c1cccc2c1OCCO2. The van der Waals surface area contributed by atoms with Crippen LogP contribution in [0.3, 0.4) is 0 Å². The van der Waals surface area contributed by atoms with Crippen molar-refractivity contribution in [1.29, 1.82) is 0 Å². The standard InChI is InChI=1S/C15H15ClN2O3/c1-2-6-18-13(11(16)9-17-18)14(19)10-4-3-5-12-15(10)21-8-7-20-12/h3-5,9H,2,6-8H2,1H3. The zero-order chi connectivity index (χ0) is 14.8. The molecule has 0 bridgehead atoms. The normalized spacial score (nSPS) is 13.2. The number of ether oxygens (including phenoxy) is 2. The second kappa shape index (κ2) is 5.77. The van der Waals surface area contributed by atoms with Crippen LogP contribution in [0.5, 0.6) is 11.5 Å². The summed E-state index contributed by atoms with van der Waals surface area (Å²) in [7, 11) is 0. The first kappa shape index (κ1) is 13.9. The van der Waals surface area contributed by atoms with Gasteiger partial charge in [0.05, 0.1) is 16.8 Å². The highest BCUT2D eigenvalue weighted by atomic mass is 35.5. The number of halogens is 1. The number of aryl methyl sites for hydroxylation is 1. The molecule has 0 radical (unpaired) electrons. The predicted molar refractivity (Wildman–Crippen MR) is 78.4 cm³/mol. The lowest BCUT2D eigenvalue weighted by Crippen LogP contribution is -2.19. The van der Waals surface area contributed by atoms with Crippen LogP contribution in [-0.2, 0) is 6.54 Å². The summed E-state index contributed by atoms with van der Waals surface area (Å²) in [5, 5.41) is 4.51. The molecule has 21 heavy (non-hydrogen) atoms. The van der Waals surface area contributed by atoms with E-state index in [0.717, 1.165) is 6.42 Å². The van der Waals surface area contributed by atoms with Gasteiger partial charge < -0.3 is 9.47 Å². The highest BCUT2D eigenvalue weighted by molar-refractivity contribution is 6.34. The molecule has 1 aliphatic rings. The summed E-state index contributed by atoms with van der Waals surface area (Å²) in [6.45, 7) is 3.57. The van der Waals surface area contributed by atoms with Crippen LogP contribution in [0.15, 0.2) is 24.4 Å². The largest absolute Gasteiger partial charge is 0.486 e. The van der Waals surface area contributed by atoms with Gasteiger partial charge in [-0.25, -0.2) is 0 Å². The fourth-order valence-electron chi connectivity index (χ4n) is 2.35. The van der Waals surface area contributed by atoms with E-state index in [0.29, 0.717) is 47.5 Å². The van der Waals surface area contributed by atoms with Gasteiger partial charge in [0.25, 0.3) is 0 Å². The minimum atomic E-state index is -0.201. The molecule has 0 N–H and O–H groups in total. The Labute approximate surface area is 127 Å². The summed E-state index contributed by atoms with van der Waals surface area (Å²) in [5.74, 6) is 0.868. The van der Waals surface area contributed by atoms with E-state index in [1.165, 1.54) is 6.20 Å². The zero-order valence-corrected chi connectivity index (χ0v) is 12.4. The molecule has 1 aliphatic heterocycles. The minimum absolute atomic E-state index is 0.201. The molecule has 1 aromatic heterocycles. The second-order valence-electron chi connectivity index (χ2n) is 4.72. The van der Waals surface area contributed by atoms with Crippen molar-refractivity contribution in [2.75, 3.05) is 13.2 Å². The van der Waals surface area contributed by atoms with E-state index in [-0.39, 0.29) is 5.78 Å². The maximum Gasteiger partial charge on any atom is 0.216 e. The van der Waals surface area contributed by atoms with Gasteiger partial charge in [-0.3, -0.25) is 9.48 Å². The number of para-hydroxylation sites is 1. The lowest BCUT2D eigenvalue weighted by atomic mass is 10.1. The Bertz CT molecular complexity index is 682. The van der Waals surface area contributed by atoms with Crippen LogP contribution in [0, 0.1) is 0 Å². The average molecular weight is 307 g/mol. The third-order valence-electron chi connectivity index (χ3n) is 3.26. The maximum absolute atomic E-state index is 12.8. The highest BCUT2D eigenvalue weighted by Crippen LogP contribution is 2.35. The molecular formula is C15H15ClN2O3. The maximum atomic E-state index is 12.8. The number of aromatic nitrogens is 2. The number of nitrogens with zero attached hydrogens (tertiary/aromatic N) is 2. The van der Waals surface area contributed by atoms with Crippen molar-refractivity contribution in [3.8, 4) is 11.5 Å². The number of benzene rings is 1. The third-order valence-corrected chi connectivity index (χ3v) is 3.53. The minimum Gasteiger partial charge on any atom is -0.486 e. The van der Waals surface area contributed by atoms with Gasteiger partial charge in [-0.2, -0.15) is 5.10 Å². The second-order valence-corrected chi connectivity index (χ2v) is 5.13. The summed E-state index contributed by atoms with van der Waals surface area (Å²) in [6, 6.07) is 5.28. The zero-order valence-electron chi connectivity index (χ0n) is 11.6. The fraction of sp³-hybridized carbons (Fsp3) is 0.333. The molecule has 1 aromatic carbocycles. The molecule has 0 unspecified atom stereocenters. The Morgan fingerprint density at radius 3 is 3.00 bits per heavy atom. The van der Waals surface area contributed by atoms with Crippen LogP contribution in [0.1, 0.15) is 29.4 Å². The van der Waals surface area contributed by atoms with Crippen LogP contribution in [0.4, 0.5) is 0 Å². The molecule has 2 aromatic rings. The van der Waals surface area contributed by atoms with E-state index in [1.807, 2.05) is 6.92 Å². The summed E-state index contributed by atoms with van der Waals surface area (Å²) in [6.07, 6.45) is 2.36. The summed E-state index contributed by atoms with van der Waals surface area (Å²) >= 11 is 6.13. The smallest absolute Gasteiger partial charge is 0.216 e. The monoisotopic (exact) mass is 306 g/mol. The van der Waals surface area contributed by atoms with Gasteiger partial charge in [-0.05, 0) is 18.6 Å². The van der Waals surface area contributed by atoms with Crippen molar-refractivity contribution >= 4 is 17.4 Å². The van der Waals surface area contributed by atoms with E-state index in [4.69, 9.17) is 21.1 Å². The Hall–Kier alpha value is -2.01. The van der Waals surface area contributed by atoms with Crippen LogP contribution >= 0.6 is 11.6 Å². The number of carbonyl (C=O) groups is 1. The van der Waals surface area contributed by atoms with Gasteiger partial charge in [0.1, 0.15) is 18.9 Å². The van der Waals surface area contributed by atoms with E-state index >= 15 is 0 Å². The van der Waals surface area contributed by atoms with Gasteiger partial charge in [0.15, 0.2) is 11.5 Å². The van der Waals surface area contributed by atoms with Crippen LogP contribution in [0.25, 0.3) is 0 Å². The Kier molecular flexibility index (Phi) is 3.84. The third kappa shape index (κ3) is 2.49. The Balaban J connectivity index is 2.05. The first-order valence-corrected chi connectivity index (χ1v) is 7.24. The van der Waals surface area contributed by atoms with Crippen molar-refractivity contribution in [3.05, 3.63) is 40.7 Å². The topological polar surface area (TPSA) is 53.4 Å². The van der Waals surface area contributed by atoms with Crippen molar-refractivity contribution < 1.29 is 14.3 Å². The lowest BCUT2D eigenvalue weighted by molar-refractivity contribution is 0.101. The van der Waals surface area contributed by atoms with E-state index in [9.17, 15) is 4.79 Å². The molecule has 110 valence electrons. The van der Waals surface area contributed by atoms with Gasteiger partial charge in [-0.15, -0.1) is 0 Å². The van der Waals surface area contributed by atoms with Crippen molar-refractivity contribution in [2.24, 2.45) is 0 Å². The fourth-order valence-corrected chi connectivity index (χ4v) is 2.58. The van der Waals surface area contributed by atoms with Crippen LogP contribution < -0.4 is 9.47 Å². The molecule has 0 saturated heterocycles. The van der Waals surface area contributed by atoms with E-state index in [1.54, 1.807) is 22.9 Å². The molecule has 0 spiro atoms. The molecule has 2 heterocycles.